The summed E-state index contributed by atoms with van der Waals surface area (Å²) in [6.45, 7) is 5.14. The molecule has 1 heterocycles. The monoisotopic (exact) mass is 424 g/mol. The predicted molar refractivity (Wildman–Crippen MR) is 119 cm³/mol. The molecule has 7 heteroatoms. The molecular formula is C24H29FN4O2. The molecule has 1 unspecified atom stereocenters. The summed E-state index contributed by atoms with van der Waals surface area (Å²) in [6.07, 6.45) is 1.90. The van der Waals surface area contributed by atoms with Gasteiger partial charge < -0.3 is 10.2 Å². The summed E-state index contributed by atoms with van der Waals surface area (Å²) in [5, 5.41) is 8.80. The van der Waals surface area contributed by atoms with Crippen molar-refractivity contribution in [3.05, 3.63) is 71.5 Å². The standard InChI is InChI=1S/C24H29FN4O2/c1-3-8-22(30)28(4-2)21-17-29(27-23(21)19-11-13-20(25)14-12-19)24(31)26-16-15-18-9-6-5-7-10-18/h5-7,9-14,21H,3-4,8,15-17H2,1-2H3,(H,26,31). The van der Waals surface area contributed by atoms with Gasteiger partial charge in [0.05, 0.1) is 18.3 Å². The van der Waals surface area contributed by atoms with Gasteiger partial charge in [0.15, 0.2) is 0 Å². The number of urea groups is 1. The van der Waals surface area contributed by atoms with Crippen molar-refractivity contribution < 1.29 is 14.0 Å². The second-order valence-corrected chi connectivity index (χ2v) is 7.49. The van der Waals surface area contributed by atoms with Gasteiger partial charge in [-0.15, -0.1) is 0 Å². The van der Waals surface area contributed by atoms with Crippen LogP contribution in [0.3, 0.4) is 0 Å². The third-order valence-corrected chi connectivity index (χ3v) is 5.30. The van der Waals surface area contributed by atoms with E-state index in [2.05, 4.69) is 10.4 Å². The fourth-order valence-corrected chi connectivity index (χ4v) is 3.71. The Bertz CT molecular complexity index is 915. The van der Waals surface area contributed by atoms with Crippen LogP contribution in [0.5, 0.6) is 0 Å². The molecule has 2 aromatic rings. The number of nitrogens with one attached hydrogen (secondary N) is 1. The first-order valence-corrected chi connectivity index (χ1v) is 10.8. The molecule has 0 aliphatic carbocycles. The molecule has 1 atom stereocenters. The highest BCUT2D eigenvalue weighted by atomic mass is 19.1. The van der Waals surface area contributed by atoms with Crippen LogP contribution in [0, 0.1) is 5.82 Å². The van der Waals surface area contributed by atoms with Gasteiger partial charge in [0.1, 0.15) is 5.82 Å². The number of rotatable bonds is 8. The van der Waals surface area contributed by atoms with Gasteiger partial charge in [0, 0.05) is 25.1 Å². The Morgan fingerprint density at radius 3 is 2.48 bits per heavy atom. The first-order chi connectivity index (χ1) is 15.0. The van der Waals surface area contributed by atoms with Gasteiger partial charge in [0.2, 0.25) is 5.91 Å². The Kier molecular flexibility index (Phi) is 7.76. The Morgan fingerprint density at radius 2 is 1.84 bits per heavy atom. The highest BCUT2D eigenvalue weighted by Crippen LogP contribution is 2.21. The summed E-state index contributed by atoms with van der Waals surface area (Å²) in [5.41, 5.74) is 2.44. The average molecular weight is 425 g/mol. The maximum absolute atomic E-state index is 13.4. The number of benzene rings is 2. The molecule has 31 heavy (non-hydrogen) atoms. The van der Waals surface area contributed by atoms with E-state index in [-0.39, 0.29) is 30.3 Å². The molecule has 0 bridgehead atoms. The van der Waals surface area contributed by atoms with Crippen molar-refractivity contribution in [2.24, 2.45) is 5.10 Å². The maximum Gasteiger partial charge on any atom is 0.337 e. The number of halogens is 1. The van der Waals surface area contributed by atoms with Crippen LogP contribution in [0.4, 0.5) is 9.18 Å². The van der Waals surface area contributed by atoms with E-state index >= 15 is 0 Å². The van der Waals surface area contributed by atoms with Gasteiger partial charge >= 0.3 is 6.03 Å². The number of hydrogen-bond acceptors (Lipinski definition) is 3. The quantitative estimate of drug-likeness (QED) is 0.700. The van der Waals surface area contributed by atoms with Crippen molar-refractivity contribution >= 4 is 17.6 Å². The Morgan fingerprint density at radius 1 is 1.13 bits per heavy atom. The molecule has 0 spiro atoms. The number of carbonyl (C=O) groups is 2. The second-order valence-electron chi connectivity index (χ2n) is 7.49. The number of nitrogens with zero attached hydrogens (tertiary/aromatic N) is 3. The fourth-order valence-electron chi connectivity index (χ4n) is 3.71. The van der Waals surface area contributed by atoms with Gasteiger partial charge in [-0.25, -0.2) is 14.2 Å². The number of hydrazone groups is 1. The molecule has 3 amide bonds. The van der Waals surface area contributed by atoms with E-state index in [1.54, 1.807) is 17.0 Å². The van der Waals surface area contributed by atoms with Crippen molar-refractivity contribution in [2.45, 2.75) is 39.2 Å². The molecule has 0 saturated heterocycles. The lowest BCUT2D eigenvalue weighted by molar-refractivity contribution is -0.132. The van der Waals surface area contributed by atoms with E-state index < -0.39 is 0 Å². The number of amides is 3. The number of carbonyl (C=O) groups excluding carboxylic acids is 2. The van der Waals surface area contributed by atoms with Crippen LogP contribution in [0.25, 0.3) is 0 Å². The van der Waals surface area contributed by atoms with Crippen molar-refractivity contribution in [3.8, 4) is 0 Å². The third kappa shape index (κ3) is 5.69. The van der Waals surface area contributed by atoms with Crippen LogP contribution < -0.4 is 5.32 Å². The highest BCUT2D eigenvalue weighted by molar-refractivity contribution is 6.07. The van der Waals surface area contributed by atoms with Crippen molar-refractivity contribution in [3.63, 3.8) is 0 Å². The topological polar surface area (TPSA) is 65.0 Å². The van der Waals surface area contributed by atoms with Crippen LogP contribution in [-0.4, -0.2) is 53.2 Å². The van der Waals surface area contributed by atoms with Crippen molar-refractivity contribution in [1.82, 2.24) is 15.2 Å². The maximum atomic E-state index is 13.4. The van der Waals surface area contributed by atoms with E-state index in [1.807, 2.05) is 44.2 Å². The zero-order valence-corrected chi connectivity index (χ0v) is 18.1. The minimum atomic E-state index is -0.366. The molecule has 0 saturated carbocycles. The SMILES string of the molecule is CCCC(=O)N(CC)C1CN(C(=O)NCCc2ccccc2)N=C1c1ccc(F)cc1. The zero-order chi connectivity index (χ0) is 22.2. The molecule has 6 nitrogen and oxygen atoms in total. The van der Waals surface area contributed by atoms with E-state index in [9.17, 15) is 14.0 Å². The molecule has 1 aliphatic rings. The van der Waals surface area contributed by atoms with Gasteiger partial charge in [-0.2, -0.15) is 5.10 Å². The summed E-state index contributed by atoms with van der Waals surface area (Å²) >= 11 is 0. The van der Waals surface area contributed by atoms with Crippen molar-refractivity contribution in [2.75, 3.05) is 19.6 Å². The van der Waals surface area contributed by atoms with Gasteiger partial charge in [-0.3, -0.25) is 4.79 Å². The number of hydrogen-bond donors (Lipinski definition) is 1. The first-order valence-electron chi connectivity index (χ1n) is 10.8. The van der Waals surface area contributed by atoms with Crippen LogP contribution in [0.2, 0.25) is 0 Å². The molecule has 0 fully saturated rings. The zero-order valence-electron chi connectivity index (χ0n) is 18.1. The van der Waals surface area contributed by atoms with E-state index in [1.165, 1.54) is 17.1 Å². The van der Waals surface area contributed by atoms with Crippen LogP contribution in [0.15, 0.2) is 59.7 Å². The van der Waals surface area contributed by atoms with Gasteiger partial charge in [0.25, 0.3) is 0 Å². The number of likely N-dealkylation sites (N-methyl/N-ethyl adjacent to an activating group) is 1. The van der Waals surface area contributed by atoms with E-state index in [0.717, 1.165) is 12.0 Å². The molecule has 1 aliphatic heterocycles. The fraction of sp³-hybridized carbons (Fsp3) is 0.375. The third-order valence-electron chi connectivity index (χ3n) is 5.30. The average Bonchev–Trinajstić information content (AvgIpc) is 3.21. The van der Waals surface area contributed by atoms with Crippen LogP contribution in [0.1, 0.15) is 37.8 Å². The summed E-state index contributed by atoms with van der Waals surface area (Å²) in [6, 6.07) is 15.2. The lowest BCUT2D eigenvalue weighted by atomic mass is 10.0. The smallest absolute Gasteiger partial charge is 0.336 e. The molecule has 0 aromatic heterocycles. The Balaban J connectivity index is 1.75. The summed E-state index contributed by atoms with van der Waals surface area (Å²) in [7, 11) is 0. The minimum absolute atomic E-state index is 0.0242. The predicted octanol–water partition coefficient (Wildman–Crippen LogP) is 3.81. The lowest BCUT2D eigenvalue weighted by Crippen LogP contribution is -2.48. The Labute approximate surface area is 182 Å². The molecule has 2 aromatic carbocycles. The Hall–Kier alpha value is -3.22. The molecule has 0 radical (unpaired) electrons. The van der Waals surface area contributed by atoms with Gasteiger partial charge in [-0.05, 0) is 37.5 Å². The summed E-state index contributed by atoms with van der Waals surface area (Å²) < 4.78 is 13.4. The molecule has 164 valence electrons. The minimum Gasteiger partial charge on any atom is -0.336 e. The summed E-state index contributed by atoms with van der Waals surface area (Å²) in [5.74, 6) is -0.319. The van der Waals surface area contributed by atoms with E-state index in [0.29, 0.717) is 37.2 Å². The molecule has 3 rings (SSSR count). The lowest BCUT2D eigenvalue weighted by Gasteiger charge is -2.29. The van der Waals surface area contributed by atoms with Crippen LogP contribution in [-0.2, 0) is 11.2 Å². The van der Waals surface area contributed by atoms with Crippen LogP contribution >= 0.6 is 0 Å². The highest BCUT2D eigenvalue weighted by Gasteiger charge is 2.36. The van der Waals surface area contributed by atoms with Gasteiger partial charge in [-0.1, -0.05) is 49.4 Å². The van der Waals surface area contributed by atoms with E-state index in [4.69, 9.17) is 0 Å². The second kappa shape index (κ2) is 10.7. The largest absolute Gasteiger partial charge is 0.337 e. The molecule has 1 N–H and O–H groups in total. The van der Waals surface area contributed by atoms with Crippen molar-refractivity contribution in [1.29, 1.82) is 0 Å². The molecular weight excluding hydrogens is 395 g/mol. The first kappa shape index (κ1) is 22.5. The normalized spacial score (nSPS) is 15.5. The summed E-state index contributed by atoms with van der Waals surface area (Å²) in [4.78, 5) is 27.2.